The maximum Gasteiger partial charge on any atom is 0.265 e. The smallest absolute Gasteiger partial charge is 0.265 e. The van der Waals surface area contributed by atoms with E-state index in [1.807, 2.05) is 49.5 Å². The molecule has 0 radical (unpaired) electrons. The number of carbonyl (C=O) groups is 1. The molecule has 3 heterocycles. The van der Waals surface area contributed by atoms with Gasteiger partial charge in [-0.1, -0.05) is 11.6 Å². The Hall–Kier alpha value is -3.23. The zero-order chi connectivity index (χ0) is 19.5. The maximum absolute atomic E-state index is 12.2. The molecule has 4 rings (SSSR count). The summed E-state index contributed by atoms with van der Waals surface area (Å²) in [6, 6.07) is 14.4. The Morgan fingerprint density at radius 3 is 2.57 bits per heavy atom. The molecule has 0 aliphatic rings. The average Bonchev–Trinajstić information content (AvgIpc) is 3.35. The van der Waals surface area contributed by atoms with E-state index in [1.165, 1.54) is 11.3 Å². The summed E-state index contributed by atoms with van der Waals surface area (Å²) in [7, 11) is 0. The van der Waals surface area contributed by atoms with Gasteiger partial charge in [-0.05, 0) is 49.4 Å². The fourth-order valence-electron chi connectivity index (χ4n) is 2.55. The molecule has 0 spiro atoms. The first-order chi connectivity index (χ1) is 13.6. The van der Waals surface area contributed by atoms with Crippen molar-refractivity contribution in [3.05, 3.63) is 76.0 Å². The van der Waals surface area contributed by atoms with Gasteiger partial charge in [0.15, 0.2) is 5.82 Å². The molecule has 1 amide bonds. The Kier molecular flexibility index (Phi) is 5.05. The first kappa shape index (κ1) is 18.1. The highest BCUT2D eigenvalue weighted by Gasteiger charge is 2.09. The Balaban J connectivity index is 1.47. The van der Waals surface area contributed by atoms with Crippen LogP contribution in [0.2, 0.25) is 4.34 Å². The van der Waals surface area contributed by atoms with E-state index in [-0.39, 0.29) is 5.91 Å². The zero-order valence-corrected chi connectivity index (χ0v) is 16.3. The second-order valence-electron chi connectivity index (χ2n) is 5.87. The first-order valence-electron chi connectivity index (χ1n) is 8.36. The first-order valence-corrected chi connectivity index (χ1v) is 9.56. The molecule has 4 aromatic rings. The highest BCUT2D eigenvalue weighted by atomic mass is 35.5. The van der Waals surface area contributed by atoms with Crippen LogP contribution < -0.4 is 10.6 Å². The number of amides is 1. The second-order valence-corrected chi connectivity index (χ2v) is 7.58. The van der Waals surface area contributed by atoms with Gasteiger partial charge in [0.1, 0.15) is 11.6 Å². The summed E-state index contributed by atoms with van der Waals surface area (Å²) in [5, 5.41) is 10.3. The summed E-state index contributed by atoms with van der Waals surface area (Å²) in [6.07, 6.45) is 3.52. The van der Waals surface area contributed by atoms with Crippen molar-refractivity contribution in [3.63, 3.8) is 0 Å². The number of anilines is 3. The number of carbonyl (C=O) groups excluding carboxylic acids is 1. The molecular weight excluding hydrogens is 396 g/mol. The van der Waals surface area contributed by atoms with Crippen LogP contribution in [0.5, 0.6) is 0 Å². The Labute approximate surface area is 170 Å². The Morgan fingerprint density at radius 1 is 1.11 bits per heavy atom. The number of benzene rings is 1. The van der Waals surface area contributed by atoms with Crippen LogP contribution in [-0.4, -0.2) is 25.7 Å². The second kappa shape index (κ2) is 7.79. The summed E-state index contributed by atoms with van der Waals surface area (Å²) in [6.45, 7) is 1.83. The molecule has 28 heavy (non-hydrogen) atoms. The average molecular weight is 411 g/mol. The lowest BCUT2D eigenvalue weighted by Crippen LogP contribution is -2.10. The van der Waals surface area contributed by atoms with Crippen LogP contribution in [-0.2, 0) is 0 Å². The van der Waals surface area contributed by atoms with E-state index in [2.05, 4.69) is 25.7 Å². The minimum Gasteiger partial charge on any atom is -0.340 e. The van der Waals surface area contributed by atoms with Gasteiger partial charge in [0.2, 0.25) is 0 Å². The van der Waals surface area contributed by atoms with Gasteiger partial charge in [0.25, 0.3) is 5.91 Å². The molecule has 0 aliphatic heterocycles. The molecule has 0 unspecified atom stereocenters. The predicted octanol–water partition coefficient (Wildman–Crippen LogP) is 4.68. The van der Waals surface area contributed by atoms with Gasteiger partial charge in [0.05, 0.1) is 9.21 Å². The van der Waals surface area contributed by atoms with E-state index in [9.17, 15) is 4.79 Å². The SMILES string of the molecule is Cc1nc(Nc2ccc(NC(=O)c3ccc(Cl)s3)cc2)cc(-n2cccn2)n1. The fraction of sp³-hybridized carbons (Fsp3) is 0.0526. The number of aromatic nitrogens is 4. The summed E-state index contributed by atoms with van der Waals surface area (Å²) in [5.74, 6) is 1.78. The lowest BCUT2D eigenvalue weighted by Gasteiger charge is -2.10. The molecule has 0 atom stereocenters. The number of hydrogen-bond donors (Lipinski definition) is 2. The molecule has 0 aliphatic carbocycles. The summed E-state index contributed by atoms with van der Waals surface area (Å²) in [5.41, 5.74) is 1.53. The number of thiophene rings is 1. The van der Waals surface area contributed by atoms with Gasteiger partial charge in [-0.3, -0.25) is 4.79 Å². The molecule has 0 fully saturated rings. The quantitative estimate of drug-likeness (QED) is 0.499. The molecule has 1 aromatic carbocycles. The van der Waals surface area contributed by atoms with Gasteiger partial charge in [-0.15, -0.1) is 11.3 Å². The van der Waals surface area contributed by atoms with Crippen molar-refractivity contribution < 1.29 is 4.79 Å². The highest BCUT2D eigenvalue weighted by molar-refractivity contribution is 7.18. The third-order valence-electron chi connectivity index (χ3n) is 3.78. The van der Waals surface area contributed by atoms with Crippen LogP contribution in [0, 0.1) is 6.92 Å². The van der Waals surface area contributed by atoms with Crippen molar-refractivity contribution in [2.24, 2.45) is 0 Å². The lowest BCUT2D eigenvalue weighted by atomic mass is 10.2. The molecule has 140 valence electrons. The fourth-order valence-corrected chi connectivity index (χ4v) is 3.49. The lowest BCUT2D eigenvalue weighted by molar-refractivity contribution is 0.103. The van der Waals surface area contributed by atoms with Crippen molar-refractivity contribution in [2.75, 3.05) is 10.6 Å². The van der Waals surface area contributed by atoms with Crippen molar-refractivity contribution in [1.82, 2.24) is 19.7 Å². The van der Waals surface area contributed by atoms with Crippen LogP contribution in [0.3, 0.4) is 0 Å². The van der Waals surface area contributed by atoms with Crippen LogP contribution in [0.4, 0.5) is 17.2 Å². The van der Waals surface area contributed by atoms with Crippen LogP contribution in [0.15, 0.2) is 60.9 Å². The van der Waals surface area contributed by atoms with Gasteiger partial charge < -0.3 is 10.6 Å². The van der Waals surface area contributed by atoms with Crippen molar-refractivity contribution in [2.45, 2.75) is 6.92 Å². The number of aryl methyl sites for hydroxylation is 1. The number of nitrogens with zero attached hydrogens (tertiary/aromatic N) is 4. The number of nitrogens with one attached hydrogen (secondary N) is 2. The number of rotatable bonds is 5. The van der Waals surface area contributed by atoms with Gasteiger partial charge in [-0.2, -0.15) is 5.10 Å². The predicted molar refractivity (Wildman–Crippen MR) is 111 cm³/mol. The van der Waals surface area contributed by atoms with Crippen molar-refractivity contribution in [3.8, 4) is 5.82 Å². The molecule has 0 bridgehead atoms. The molecule has 9 heteroatoms. The van der Waals surface area contributed by atoms with Crippen LogP contribution in [0.1, 0.15) is 15.5 Å². The van der Waals surface area contributed by atoms with E-state index < -0.39 is 0 Å². The zero-order valence-electron chi connectivity index (χ0n) is 14.8. The number of halogens is 1. The standard InChI is InChI=1S/C19H15ClN6OS/c1-12-22-17(11-18(23-12)26-10-2-9-21-26)24-13-3-5-14(6-4-13)25-19(27)15-7-8-16(20)28-15/h2-11H,1H3,(H,25,27)(H,22,23,24). The van der Waals surface area contributed by atoms with Gasteiger partial charge >= 0.3 is 0 Å². The minimum absolute atomic E-state index is 0.187. The third-order valence-corrected chi connectivity index (χ3v) is 5.01. The summed E-state index contributed by atoms with van der Waals surface area (Å²) in [4.78, 5) is 21.6. The number of hydrogen-bond acceptors (Lipinski definition) is 6. The van der Waals surface area contributed by atoms with Gasteiger partial charge in [0, 0.05) is 29.8 Å². The van der Waals surface area contributed by atoms with Crippen molar-refractivity contribution in [1.29, 1.82) is 0 Å². The normalized spacial score (nSPS) is 10.6. The van der Waals surface area contributed by atoms with E-state index in [0.29, 0.717) is 32.4 Å². The van der Waals surface area contributed by atoms with E-state index in [4.69, 9.17) is 11.6 Å². The van der Waals surface area contributed by atoms with E-state index in [1.54, 1.807) is 23.0 Å². The molecule has 2 N–H and O–H groups in total. The largest absolute Gasteiger partial charge is 0.340 e. The monoisotopic (exact) mass is 410 g/mol. The minimum atomic E-state index is -0.187. The third kappa shape index (κ3) is 4.19. The molecule has 0 saturated heterocycles. The topological polar surface area (TPSA) is 84.7 Å². The molecule has 7 nitrogen and oxygen atoms in total. The Morgan fingerprint density at radius 2 is 1.89 bits per heavy atom. The van der Waals surface area contributed by atoms with E-state index >= 15 is 0 Å². The molecular formula is C19H15ClN6OS. The highest BCUT2D eigenvalue weighted by Crippen LogP contribution is 2.23. The van der Waals surface area contributed by atoms with Crippen LogP contribution >= 0.6 is 22.9 Å². The molecule has 0 saturated carbocycles. The Bertz CT molecular complexity index is 1110. The summed E-state index contributed by atoms with van der Waals surface area (Å²) >= 11 is 7.12. The van der Waals surface area contributed by atoms with Crippen molar-refractivity contribution >= 4 is 46.0 Å². The van der Waals surface area contributed by atoms with Crippen LogP contribution in [0.25, 0.3) is 5.82 Å². The summed E-state index contributed by atoms with van der Waals surface area (Å²) < 4.78 is 2.26. The van der Waals surface area contributed by atoms with E-state index in [0.717, 1.165) is 5.69 Å². The molecule has 3 aromatic heterocycles. The maximum atomic E-state index is 12.2. The van der Waals surface area contributed by atoms with Gasteiger partial charge in [-0.25, -0.2) is 14.6 Å².